The smallest absolute Gasteiger partial charge is 0.269 e. The predicted octanol–water partition coefficient (Wildman–Crippen LogP) is 2.67. The summed E-state index contributed by atoms with van der Waals surface area (Å²) in [5.41, 5.74) is 0.0264. The molecule has 0 bridgehead atoms. The van der Waals surface area contributed by atoms with E-state index in [1.165, 1.54) is 12.1 Å². The Morgan fingerprint density at radius 1 is 0.543 bits per heavy atom. The standard InChI is InChI=1S/C31H53NO14/c33-32(34)29-4-6-30(7-5-29)44-27-25-42-23-21-40-19-17-38-15-13-36-11-9-35-10-12-37-14-16-39-18-20-41-22-24-43-26-28-46-31-3-1-2-8-45-31/h4-7,31H,1-3,8-28H2. The summed E-state index contributed by atoms with van der Waals surface area (Å²) in [6.07, 6.45) is 3.17. The van der Waals surface area contributed by atoms with Gasteiger partial charge in [-0.15, -0.1) is 0 Å². The van der Waals surface area contributed by atoms with E-state index in [9.17, 15) is 10.1 Å². The average Bonchev–Trinajstić information content (AvgIpc) is 3.08. The molecular formula is C31H53NO14. The quantitative estimate of drug-likeness (QED) is 0.0615. The Kier molecular flexibility index (Phi) is 26.5. The molecule has 1 aliphatic rings. The number of non-ortho nitro benzene ring substituents is 1. The number of nitro benzene ring substituents is 1. The normalized spacial score (nSPS) is 14.9. The summed E-state index contributed by atoms with van der Waals surface area (Å²) in [4.78, 5) is 10.2. The lowest BCUT2D eigenvalue weighted by molar-refractivity contribution is -0.384. The molecule has 1 atom stereocenters. The third-order valence-electron chi connectivity index (χ3n) is 6.19. The van der Waals surface area contributed by atoms with Gasteiger partial charge in [0.15, 0.2) is 6.29 Å². The van der Waals surface area contributed by atoms with Gasteiger partial charge in [0, 0.05) is 18.7 Å². The molecule has 46 heavy (non-hydrogen) atoms. The van der Waals surface area contributed by atoms with Crippen molar-refractivity contribution < 1.29 is 61.8 Å². The van der Waals surface area contributed by atoms with E-state index >= 15 is 0 Å². The fourth-order valence-corrected chi connectivity index (χ4v) is 3.82. The first-order valence-corrected chi connectivity index (χ1v) is 16.1. The van der Waals surface area contributed by atoms with Gasteiger partial charge in [-0.2, -0.15) is 0 Å². The van der Waals surface area contributed by atoms with Crippen molar-refractivity contribution in [3.05, 3.63) is 34.4 Å². The summed E-state index contributed by atoms with van der Waals surface area (Å²) >= 11 is 0. The van der Waals surface area contributed by atoms with Gasteiger partial charge in [-0.25, -0.2) is 0 Å². The summed E-state index contributed by atoms with van der Waals surface area (Å²) < 4.78 is 65.7. The first kappa shape index (κ1) is 40.2. The van der Waals surface area contributed by atoms with Gasteiger partial charge in [0.1, 0.15) is 12.4 Å². The lowest BCUT2D eigenvalue weighted by Gasteiger charge is -2.22. The molecule has 1 aromatic rings. The molecule has 1 aliphatic heterocycles. The van der Waals surface area contributed by atoms with Gasteiger partial charge in [0.25, 0.3) is 5.69 Å². The highest BCUT2D eigenvalue weighted by Crippen LogP contribution is 2.17. The van der Waals surface area contributed by atoms with Crippen LogP contribution in [0.4, 0.5) is 5.69 Å². The minimum atomic E-state index is -0.451. The van der Waals surface area contributed by atoms with Crippen molar-refractivity contribution in [1.29, 1.82) is 0 Å². The highest BCUT2D eigenvalue weighted by molar-refractivity contribution is 5.35. The van der Waals surface area contributed by atoms with E-state index < -0.39 is 4.92 Å². The minimum Gasteiger partial charge on any atom is -0.491 e. The van der Waals surface area contributed by atoms with Crippen molar-refractivity contribution in [2.75, 3.05) is 139 Å². The number of nitrogens with zero attached hydrogens (tertiary/aromatic N) is 1. The van der Waals surface area contributed by atoms with Crippen LogP contribution < -0.4 is 4.74 Å². The van der Waals surface area contributed by atoms with Gasteiger partial charge in [-0.05, 0) is 31.4 Å². The molecular weight excluding hydrogens is 610 g/mol. The van der Waals surface area contributed by atoms with Crippen LogP contribution in [-0.2, 0) is 52.1 Å². The highest BCUT2D eigenvalue weighted by Gasteiger charge is 2.13. The molecule has 2 rings (SSSR count). The van der Waals surface area contributed by atoms with Crippen LogP contribution in [0.3, 0.4) is 0 Å². The molecule has 1 fully saturated rings. The summed E-state index contributed by atoms with van der Waals surface area (Å²) in [5.74, 6) is 0.557. The lowest BCUT2D eigenvalue weighted by Crippen LogP contribution is -2.24. The van der Waals surface area contributed by atoms with E-state index in [0.29, 0.717) is 138 Å². The molecule has 0 radical (unpaired) electrons. The summed E-state index contributed by atoms with van der Waals surface area (Å²) in [5, 5.41) is 10.6. The van der Waals surface area contributed by atoms with Crippen molar-refractivity contribution in [2.45, 2.75) is 25.6 Å². The average molecular weight is 664 g/mol. The minimum absolute atomic E-state index is 0.0264. The molecule has 1 saturated heterocycles. The molecule has 0 saturated carbocycles. The molecule has 0 aliphatic carbocycles. The molecule has 0 amide bonds. The molecule has 1 heterocycles. The molecule has 1 aromatic carbocycles. The number of ether oxygens (including phenoxy) is 12. The van der Waals surface area contributed by atoms with Crippen LogP contribution >= 0.6 is 0 Å². The third kappa shape index (κ3) is 24.2. The first-order chi connectivity index (χ1) is 22.8. The molecule has 0 aromatic heterocycles. The largest absolute Gasteiger partial charge is 0.491 e. The highest BCUT2D eigenvalue weighted by atomic mass is 16.7. The van der Waals surface area contributed by atoms with Crippen LogP contribution in [0.25, 0.3) is 0 Å². The first-order valence-electron chi connectivity index (χ1n) is 16.1. The van der Waals surface area contributed by atoms with Gasteiger partial charge < -0.3 is 56.8 Å². The molecule has 266 valence electrons. The van der Waals surface area contributed by atoms with Crippen molar-refractivity contribution in [3.63, 3.8) is 0 Å². The van der Waals surface area contributed by atoms with Gasteiger partial charge in [-0.1, -0.05) is 0 Å². The Hall–Kier alpha value is -2.02. The van der Waals surface area contributed by atoms with Crippen LogP contribution in [0.5, 0.6) is 5.75 Å². The number of hydrogen-bond donors (Lipinski definition) is 0. The van der Waals surface area contributed by atoms with E-state index in [1.54, 1.807) is 12.1 Å². The van der Waals surface area contributed by atoms with Gasteiger partial charge in [0.2, 0.25) is 0 Å². The van der Waals surface area contributed by atoms with Gasteiger partial charge >= 0.3 is 0 Å². The lowest BCUT2D eigenvalue weighted by atomic mass is 10.2. The van der Waals surface area contributed by atoms with E-state index in [4.69, 9.17) is 56.8 Å². The van der Waals surface area contributed by atoms with Crippen LogP contribution in [0, 0.1) is 10.1 Å². The second kappa shape index (κ2) is 30.3. The van der Waals surface area contributed by atoms with E-state index in [-0.39, 0.29) is 12.0 Å². The maximum atomic E-state index is 10.6. The van der Waals surface area contributed by atoms with E-state index in [0.717, 1.165) is 25.9 Å². The van der Waals surface area contributed by atoms with Gasteiger partial charge in [-0.3, -0.25) is 10.1 Å². The Bertz CT molecular complexity index is 813. The maximum absolute atomic E-state index is 10.6. The number of hydrogen-bond acceptors (Lipinski definition) is 14. The van der Waals surface area contributed by atoms with Crippen molar-refractivity contribution in [1.82, 2.24) is 0 Å². The maximum Gasteiger partial charge on any atom is 0.269 e. The van der Waals surface area contributed by atoms with E-state index in [1.807, 2.05) is 0 Å². The van der Waals surface area contributed by atoms with Crippen molar-refractivity contribution >= 4 is 5.69 Å². The number of rotatable bonds is 33. The van der Waals surface area contributed by atoms with Crippen LogP contribution in [0.2, 0.25) is 0 Å². The fourth-order valence-electron chi connectivity index (χ4n) is 3.82. The SMILES string of the molecule is O=[N+]([O-])c1ccc(OCCOCCOCCOCCOCCOCCOCCOCCOCCOCCOC2CCCCO2)cc1. The van der Waals surface area contributed by atoms with E-state index in [2.05, 4.69) is 0 Å². The zero-order valence-electron chi connectivity index (χ0n) is 27.0. The fraction of sp³-hybridized carbons (Fsp3) is 0.806. The van der Waals surface area contributed by atoms with Crippen molar-refractivity contribution in [3.8, 4) is 5.75 Å². The Balaban J connectivity index is 1.15. The second-order valence-corrected chi connectivity index (χ2v) is 9.78. The second-order valence-electron chi connectivity index (χ2n) is 9.78. The molecule has 15 nitrogen and oxygen atoms in total. The predicted molar refractivity (Wildman–Crippen MR) is 166 cm³/mol. The Morgan fingerprint density at radius 2 is 0.913 bits per heavy atom. The molecule has 0 spiro atoms. The molecule has 15 heteroatoms. The monoisotopic (exact) mass is 663 g/mol. The summed E-state index contributed by atoms with van der Waals surface area (Å²) in [7, 11) is 0. The summed E-state index contributed by atoms with van der Waals surface area (Å²) in [6, 6.07) is 5.91. The molecule has 1 unspecified atom stereocenters. The van der Waals surface area contributed by atoms with Crippen LogP contribution in [-0.4, -0.2) is 150 Å². The van der Waals surface area contributed by atoms with Gasteiger partial charge in [0.05, 0.1) is 130 Å². The van der Waals surface area contributed by atoms with Crippen LogP contribution in [0.1, 0.15) is 19.3 Å². The Morgan fingerprint density at radius 3 is 1.26 bits per heavy atom. The number of benzene rings is 1. The topological polar surface area (TPSA) is 154 Å². The van der Waals surface area contributed by atoms with Crippen molar-refractivity contribution in [2.24, 2.45) is 0 Å². The third-order valence-corrected chi connectivity index (χ3v) is 6.19. The zero-order valence-corrected chi connectivity index (χ0v) is 27.0. The molecule has 0 N–H and O–H groups in total. The zero-order chi connectivity index (χ0) is 32.6. The summed E-state index contributed by atoms with van der Waals surface area (Å²) in [6.45, 7) is 10.4. The van der Waals surface area contributed by atoms with Crippen LogP contribution in [0.15, 0.2) is 24.3 Å². The Labute approximate surface area is 272 Å². The number of nitro groups is 1.